The molecule has 0 aliphatic rings. The number of aromatic nitrogens is 1. The maximum atomic E-state index is 12.2. The van der Waals surface area contributed by atoms with Crippen LogP contribution in [0, 0.1) is 0 Å². The summed E-state index contributed by atoms with van der Waals surface area (Å²) in [6.07, 6.45) is -3.25. The van der Waals surface area contributed by atoms with E-state index in [0.29, 0.717) is 0 Å². The largest absolute Gasteiger partial charge is 0.573 e. The van der Waals surface area contributed by atoms with E-state index in [1.54, 1.807) is 0 Å². The summed E-state index contributed by atoms with van der Waals surface area (Å²) in [5.74, 6) is -0.939. The molecule has 0 unspecified atom stereocenters. The van der Waals surface area contributed by atoms with Crippen molar-refractivity contribution in [2.45, 2.75) is 19.8 Å². The van der Waals surface area contributed by atoms with Gasteiger partial charge in [0.2, 0.25) is 0 Å². The first-order valence-electron chi connectivity index (χ1n) is 9.56. The number of para-hydroxylation sites is 1. The SMILES string of the molecule is CCn1c2ccccc2c2cc(/C=N/NC(=O)c3ccc(OC(F)(F)F)cc3)ccc21. The lowest BCUT2D eigenvalue weighted by molar-refractivity contribution is -0.274. The van der Waals surface area contributed by atoms with Gasteiger partial charge >= 0.3 is 6.36 Å². The fourth-order valence-electron chi connectivity index (χ4n) is 3.53. The zero-order chi connectivity index (χ0) is 22.0. The molecule has 0 fully saturated rings. The first kappa shape index (κ1) is 20.5. The lowest BCUT2D eigenvalue weighted by Gasteiger charge is -2.08. The highest BCUT2D eigenvalue weighted by molar-refractivity contribution is 6.09. The minimum atomic E-state index is -4.78. The molecule has 4 aromatic rings. The second kappa shape index (κ2) is 8.14. The van der Waals surface area contributed by atoms with Crippen LogP contribution in [0.15, 0.2) is 71.8 Å². The Labute approximate surface area is 175 Å². The van der Waals surface area contributed by atoms with Gasteiger partial charge < -0.3 is 9.30 Å². The van der Waals surface area contributed by atoms with Crippen LogP contribution in [0.4, 0.5) is 13.2 Å². The zero-order valence-corrected chi connectivity index (χ0v) is 16.5. The molecule has 0 saturated heterocycles. The number of carbonyl (C=O) groups is 1. The molecule has 0 aliphatic heterocycles. The van der Waals surface area contributed by atoms with Crippen molar-refractivity contribution in [2.24, 2.45) is 5.10 Å². The van der Waals surface area contributed by atoms with Crippen molar-refractivity contribution in [2.75, 3.05) is 0 Å². The van der Waals surface area contributed by atoms with Crippen LogP contribution in [0.2, 0.25) is 0 Å². The zero-order valence-electron chi connectivity index (χ0n) is 16.5. The Morgan fingerprint density at radius 3 is 2.45 bits per heavy atom. The number of hydrogen-bond acceptors (Lipinski definition) is 3. The molecular weight excluding hydrogens is 407 g/mol. The van der Waals surface area contributed by atoms with Gasteiger partial charge in [-0.05, 0) is 55.0 Å². The molecule has 31 heavy (non-hydrogen) atoms. The third-order valence-corrected chi connectivity index (χ3v) is 4.84. The molecular formula is C23H18F3N3O2. The molecule has 8 heteroatoms. The first-order chi connectivity index (χ1) is 14.9. The molecule has 0 aliphatic carbocycles. The summed E-state index contributed by atoms with van der Waals surface area (Å²) >= 11 is 0. The van der Waals surface area contributed by atoms with Crippen molar-refractivity contribution in [3.8, 4) is 5.75 Å². The highest BCUT2D eigenvalue weighted by Crippen LogP contribution is 2.29. The van der Waals surface area contributed by atoms with Gasteiger partial charge in [0.05, 0.1) is 6.21 Å². The van der Waals surface area contributed by atoms with Crippen molar-refractivity contribution in [3.05, 3.63) is 77.9 Å². The highest BCUT2D eigenvalue weighted by atomic mass is 19.4. The van der Waals surface area contributed by atoms with Gasteiger partial charge in [0.15, 0.2) is 0 Å². The Morgan fingerprint density at radius 2 is 1.74 bits per heavy atom. The molecule has 1 aromatic heterocycles. The Bertz CT molecular complexity index is 1280. The van der Waals surface area contributed by atoms with Crippen LogP contribution >= 0.6 is 0 Å². The number of halogens is 3. The summed E-state index contributed by atoms with van der Waals surface area (Å²) in [6, 6.07) is 18.7. The minimum Gasteiger partial charge on any atom is -0.406 e. The maximum absolute atomic E-state index is 12.2. The number of nitrogens with zero attached hydrogens (tertiary/aromatic N) is 2. The monoisotopic (exact) mass is 425 g/mol. The quantitative estimate of drug-likeness (QED) is 0.340. The molecule has 1 N–H and O–H groups in total. The van der Waals surface area contributed by atoms with Crippen LogP contribution in [0.1, 0.15) is 22.8 Å². The molecule has 3 aromatic carbocycles. The molecule has 0 atom stereocenters. The molecule has 4 rings (SSSR count). The average molecular weight is 425 g/mol. The lowest BCUT2D eigenvalue weighted by atomic mass is 10.1. The van der Waals surface area contributed by atoms with Crippen LogP contribution in [0.25, 0.3) is 21.8 Å². The van der Waals surface area contributed by atoms with Crippen molar-refractivity contribution >= 4 is 33.9 Å². The summed E-state index contributed by atoms with van der Waals surface area (Å²) in [6.45, 7) is 2.94. The number of aryl methyl sites for hydroxylation is 1. The van der Waals surface area contributed by atoms with Gasteiger partial charge in [0, 0.05) is 33.9 Å². The van der Waals surface area contributed by atoms with Crippen molar-refractivity contribution in [1.29, 1.82) is 0 Å². The van der Waals surface area contributed by atoms with Gasteiger partial charge in [-0.15, -0.1) is 13.2 Å². The van der Waals surface area contributed by atoms with Crippen LogP contribution in [-0.4, -0.2) is 23.1 Å². The third-order valence-electron chi connectivity index (χ3n) is 4.84. The van der Waals surface area contributed by atoms with Gasteiger partial charge in [0.25, 0.3) is 5.91 Å². The molecule has 0 spiro atoms. The Balaban J connectivity index is 1.50. The second-order valence-corrected chi connectivity index (χ2v) is 6.81. The van der Waals surface area contributed by atoms with E-state index in [4.69, 9.17) is 0 Å². The molecule has 1 amide bonds. The smallest absolute Gasteiger partial charge is 0.406 e. The molecule has 0 bridgehead atoms. The van der Waals surface area contributed by atoms with E-state index in [1.165, 1.54) is 18.3 Å². The van der Waals surface area contributed by atoms with Gasteiger partial charge in [-0.1, -0.05) is 24.3 Å². The number of ether oxygens (including phenoxy) is 1. The van der Waals surface area contributed by atoms with E-state index >= 15 is 0 Å². The van der Waals surface area contributed by atoms with Crippen LogP contribution in [0.5, 0.6) is 5.75 Å². The minimum absolute atomic E-state index is 0.160. The number of amides is 1. The molecule has 5 nitrogen and oxygen atoms in total. The number of alkyl halides is 3. The van der Waals surface area contributed by atoms with Gasteiger partial charge in [0.1, 0.15) is 5.75 Å². The van der Waals surface area contributed by atoms with Crippen molar-refractivity contribution < 1.29 is 22.7 Å². The Hall–Kier alpha value is -3.81. The van der Waals surface area contributed by atoms with E-state index in [-0.39, 0.29) is 5.56 Å². The van der Waals surface area contributed by atoms with E-state index in [1.807, 2.05) is 30.3 Å². The maximum Gasteiger partial charge on any atom is 0.573 e. The van der Waals surface area contributed by atoms with Gasteiger partial charge in [-0.3, -0.25) is 4.79 Å². The summed E-state index contributed by atoms with van der Waals surface area (Å²) < 4.78 is 42.7. The predicted octanol–water partition coefficient (Wildman–Crippen LogP) is 5.48. The highest BCUT2D eigenvalue weighted by Gasteiger charge is 2.31. The number of benzene rings is 3. The van der Waals surface area contributed by atoms with Gasteiger partial charge in [-0.25, -0.2) is 5.43 Å². The number of hydrazone groups is 1. The number of fused-ring (bicyclic) bond motifs is 3. The van der Waals surface area contributed by atoms with E-state index in [2.05, 4.69) is 38.9 Å². The van der Waals surface area contributed by atoms with Crippen LogP contribution in [-0.2, 0) is 6.54 Å². The van der Waals surface area contributed by atoms with Crippen LogP contribution in [0.3, 0.4) is 0 Å². The fraction of sp³-hybridized carbons (Fsp3) is 0.130. The number of carbonyl (C=O) groups excluding carboxylic acids is 1. The third kappa shape index (κ3) is 4.37. The molecule has 0 radical (unpaired) electrons. The van der Waals surface area contributed by atoms with E-state index < -0.39 is 18.0 Å². The van der Waals surface area contributed by atoms with Gasteiger partial charge in [-0.2, -0.15) is 5.10 Å². The molecule has 158 valence electrons. The van der Waals surface area contributed by atoms with Crippen molar-refractivity contribution in [1.82, 2.24) is 9.99 Å². The number of hydrogen-bond donors (Lipinski definition) is 1. The lowest BCUT2D eigenvalue weighted by Crippen LogP contribution is -2.19. The first-order valence-corrected chi connectivity index (χ1v) is 9.56. The summed E-state index contributed by atoms with van der Waals surface area (Å²) in [5.41, 5.74) is 5.62. The second-order valence-electron chi connectivity index (χ2n) is 6.81. The van der Waals surface area contributed by atoms with Crippen LogP contribution < -0.4 is 10.2 Å². The number of nitrogens with one attached hydrogen (secondary N) is 1. The fourth-order valence-corrected chi connectivity index (χ4v) is 3.53. The molecule has 1 heterocycles. The summed E-state index contributed by atoms with van der Waals surface area (Å²) in [5, 5.41) is 6.20. The Morgan fingerprint density at radius 1 is 1.03 bits per heavy atom. The summed E-state index contributed by atoms with van der Waals surface area (Å²) in [4.78, 5) is 12.2. The predicted molar refractivity (Wildman–Crippen MR) is 113 cm³/mol. The van der Waals surface area contributed by atoms with Crippen molar-refractivity contribution in [3.63, 3.8) is 0 Å². The van der Waals surface area contributed by atoms with E-state index in [9.17, 15) is 18.0 Å². The normalized spacial score (nSPS) is 12.0. The average Bonchev–Trinajstić information content (AvgIpc) is 3.06. The number of rotatable bonds is 5. The Kier molecular flexibility index (Phi) is 5.37. The topological polar surface area (TPSA) is 55.6 Å². The van der Waals surface area contributed by atoms with E-state index in [0.717, 1.165) is 46.0 Å². The standard InChI is InChI=1S/C23H18F3N3O2/c1-2-29-20-6-4-3-5-18(20)19-13-15(7-12-21(19)29)14-27-28-22(30)16-8-10-17(11-9-16)31-23(24,25)26/h3-14H,2H2,1H3,(H,28,30)/b27-14+. The molecule has 0 saturated carbocycles. The summed E-state index contributed by atoms with van der Waals surface area (Å²) in [7, 11) is 0.